The summed E-state index contributed by atoms with van der Waals surface area (Å²) < 4.78 is 0. The molecule has 0 atom stereocenters. The van der Waals surface area contributed by atoms with Gasteiger partial charge in [-0.3, -0.25) is 9.80 Å². The lowest BCUT2D eigenvalue weighted by atomic mass is 9.78. The highest BCUT2D eigenvalue weighted by Crippen LogP contribution is 2.34. The SMILES string of the molecule is OC1(Cc2ccccc2)CCC(N2CCN(Cc3ccccc3)CC2)CC1. The van der Waals surface area contributed by atoms with Gasteiger partial charge in [0.15, 0.2) is 0 Å². The molecule has 0 spiro atoms. The van der Waals surface area contributed by atoms with E-state index < -0.39 is 5.60 Å². The van der Waals surface area contributed by atoms with Gasteiger partial charge in [-0.15, -0.1) is 0 Å². The third-order valence-electron chi connectivity index (χ3n) is 6.43. The minimum absolute atomic E-state index is 0.507. The maximum Gasteiger partial charge on any atom is 0.0689 e. The Balaban J connectivity index is 1.23. The first kappa shape index (κ1) is 18.7. The Morgan fingerprint density at radius 1 is 0.778 bits per heavy atom. The average molecular weight is 365 g/mol. The highest BCUT2D eigenvalue weighted by Gasteiger charge is 2.36. The van der Waals surface area contributed by atoms with Crippen LogP contribution in [0.5, 0.6) is 0 Å². The zero-order valence-electron chi connectivity index (χ0n) is 16.3. The maximum atomic E-state index is 11.0. The highest BCUT2D eigenvalue weighted by molar-refractivity contribution is 5.17. The van der Waals surface area contributed by atoms with Gasteiger partial charge in [-0.2, -0.15) is 0 Å². The van der Waals surface area contributed by atoms with Crippen molar-refractivity contribution < 1.29 is 5.11 Å². The van der Waals surface area contributed by atoms with Gasteiger partial charge in [0.1, 0.15) is 0 Å². The van der Waals surface area contributed by atoms with Gasteiger partial charge in [0, 0.05) is 45.2 Å². The Labute approximate surface area is 163 Å². The van der Waals surface area contributed by atoms with E-state index in [9.17, 15) is 5.11 Å². The number of benzene rings is 2. The Bertz CT molecular complexity index is 687. The van der Waals surface area contributed by atoms with Crippen molar-refractivity contribution in [2.75, 3.05) is 26.2 Å². The van der Waals surface area contributed by atoms with Crippen LogP contribution in [-0.2, 0) is 13.0 Å². The smallest absolute Gasteiger partial charge is 0.0689 e. The number of aliphatic hydroxyl groups is 1. The lowest BCUT2D eigenvalue weighted by molar-refractivity contribution is -0.0273. The molecular formula is C24H32N2O. The standard InChI is InChI=1S/C24H32N2O/c27-24(19-21-7-3-1-4-8-21)13-11-23(12-14-24)26-17-15-25(16-18-26)20-22-9-5-2-6-10-22/h1-10,23,27H,11-20H2. The molecule has 0 amide bonds. The van der Waals surface area contributed by atoms with Crippen molar-refractivity contribution in [3.63, 3.8) is 0 Å². The van der Waals surface area contributed by atoms with Gasteiger partial charge in [0.05, 0.1) is 5.60 Å². The summed E-state index contributed by atoms with van der Waals surface area (Å²) >= 11 is 0. The third-order valence-corrected chi connectivity index (χ3v) is 6.43. The third kappa shape index (κ3) is 4.98. The second-order valence-corrected chi connectivity index (χ2v) is 8.42. The molecule has 1 saturated heterocycles. The average Bonchev–Trinajstić information content (AvgIpc) is 2.71. The molecule has 144 valence electrons. The summed E-state index contributed by atoms with van der Waals surface area (Å²) in [7, 11) is 0. The lowest BCUT2D eigenvalue weighted by Gasteiger charge is -2.44. The van der Waals surface area contributed by atoms with E-state index >= 15 is 0 Å². The second-order valence-electron chi connectivity index (χ2n) is 8.42. The molecule has 0 radical (unpaired) electrons. The summed E-state index contributed by atoms with van der Waals surface area (Å²) in [6, 6.07) is 21.9. The van der Waals surface area contributed by atoms with E-state index in [2.05, 4.69) is 64.4 Å². The number of rotatable bonds is 5. The van der Waals surface area contributed by atoms with Gasteiger partial charge in [0.25, 0.3) is 0 Å². The van der Waals surface area contributed by atoms with Crippen LogP contribution in [0.3, 0.4) is 0 Å². The monoisotopic (exact) mass is 364 g/mol. The second kappa shape index (κ2) is 8.55. The van der Waals surface area contributed by atoms with Gasteiger partial charge < -0.3 is 5.11 Å². The van der Waals surface area contributed by atoms with Crippen LogP contribution in [0.25, 0.3) is 0 Å². The van der Waals surface area contributed by atoms with Crippen molar-refractivity contribution >= 4 is 0 Å². The highest BCUT2D eigenvalue weighted by atomic mass is 16.3. The predicted octanol–water partition coefficient (Wildman–Crippen LogP) is 3.72. The predicted molar refractivity (Wildman–Crippen MR) is 111 cm³/mol. The summed E-state index contributed by atoms with van der Waals surface area (Å²) in [5, 5.41) is 11.0. The van der Waals surface area contributed by atoms with Crippen LogP contribution in [0.2, 0.25) is 0 Å². The first-order valence-electron chi connectivity index (χ1n) is 10.5. The van der Waals surface area contributed by atoms with Crippen LogP contribution in [0.4, 0.5) is 0 Å². The van der Waals surface area contributed by atoms with E-state index in [0.29, 0.717) is 6.04 Å². The zero-order chi connectivity index (χ0) is 18.5. The van der Waals surface area contributed by atoms with Gasteiger partial charge >= 0.3 is 0 Å². The Morgan fingerprint density at radius 3 is 1.93 bits per heavy atom. The fourth-order valence-electron chi connectivity index (χ4n) is 4.79. The molecule has 1 heterocycles. The number of piperazine rings is 1. The number of hydrogen-bond acceptors (Lipinski definition) is 3. The van der Waals surface area contributed by atoms with Crippen molar-refractivity contribution in [3.05, 3.63) is 71.8 Å². The van der Waals surface area contributed by atoms with E-state index in [0.717, 1.165) is 64.8 Å². The molecule has 2 aliphatic rings. The van der Waals surface area contributed by atoms with Gasteiger partial charge in [-0.25, -0.2) is 0 Å². The fourth-order valence-corrected chi connectivity index (χ4v) is 4.79. The number of nitrogens with zero attached hydrogens (tertiary/aromatic N) is 2. The Kier molecular flexibility index (Phi) is 5.92. The molecule has 0 aromatic heterocycles. The van der Waals surface area contributed by atoms with Crippen molar-refractivity contribution in [2.24, 2.45) is 0 Å². The molecule has 1 N–H and O–H groups in total. The lowest BCUT2D eigenvalue weighted by Crippen LogP contribution is -2.52. The molecule has 4 rings (SSSR count). The van der Waals surface area contributed by atoms with Crippen molar-refractivity contribution in [3.8, 4) is 0 Å². The minimum Gasteiger partial charge on any atom is -0.390 e. The van der Waals surface area contributed by atoms with Crippen molar-refractivity contribution in [1.82, 2.24) is 9.80 Å². The molecule has 1 aliphatic carbocycles. The number of hydrogen-bond donors (Lipinski definition) is 1. The molecule has 2 aromatic carbocycles. The minimum atomic E-state index is -0.507. The molecule has 3 heteroatoms. The molecule has 3 nitrogen and oxygen atoms in total. The van der Waals surface area contributed by atoms with E-state index in [1.54, 1.807) is 0 Å². The van der Waals surface area contributed by atoms with Crippen LogP contribution >= 0.6 is 0 Å². The molecule has 1 saturated carbocycles. The largest absolute Gasteiger partial charge is 0.390 e. The molecule has 1 aliphatic heterocycles. The first-order chi connectivity index (χ1) is 13.2. The fraction of sp³-hybridized carbons (Fsp3) is 0.500. The molecule has 27 heavy (non-hydrogen) atoms. The summed E-state index contributed by atoms with van der Waals surface area (Å²) in [5.74, 6) is 0. The van der Waals surface area contributed by atoms with Crippen LogP contribution < -0.4 is 0 Å². The molecule has 2 fully saturated rings. The Hall–Kier alpha value is -1.68. The molecular weight excluding hydrogens is 332 g/mol. The molecule has 2 aromatic rings. The topological polar surface area (TPSA) is 26.7 Å². The van der Waals surface area contributed by atoms with E-state index in [1.807, 2.05) is 6.07 Å². The summed E-state index contributed by atoms with van der Waals surface area (Å²) in [5.41, 5.74) is 2.16. The van der Waals surface area contributed by atoms with Crippen LogP contribution in [0, 0.1) is 0 Å². The quantitative estimate of drug-likeness (QED) is 0.876. The van der Waals surface area contributed by atoms with E-state index in [4.69, 9.17) is 0 Å². The zero-order valence-corrected chi connectivity index (χ0v) is 16.3. The Morgan fingerprint density at radius 2 is 1.33 bits per heavy atom. The van der Waals surface area contributed by atoms with E-state index in [-0.39, 0.29) is 0 Å². The summed E-state index contributed by atoms with van der Waals surface area (Å²) in [4.78, 5) is 5.24. The van der Waals surface area contributed by atoms with Crippen molar-refractivity contribution in [2.45, 2.75) is 50.3 Å². The molecule has 0 unspecified atom stereocenters. The van der Waals surface area contributed by atoms with Crippen LogP contribution in [-0.4, -0.2) is 52.7 Å². The maximum absolute atomic E-state index is 11.0. The van der Waals surface area contributed by atoms with Crippen LogP contribution in [0.15, 0.2) is 60.7 Å². The summed E-state index contributed by atoms with van der Waals surface area (Å²) in [6.45, 7) is 5.69. The molecule has 0 bridgehead atoms. The van der Waals surface area contributed by atoms with Gasteiger partial charge in [-0.1, -0.05) is 60.7 Å². The normalized spacial score (nSPS) is 27.5. The van der Waals surface area contributed by atoms with Crippen LogP contribution in [0.1, 0.15) is 36.8 Å². The van der Waals surface area contributed by atoms with E-state index in [1.165, 1.54) is 11.1 Å². The first-order valence-corrected chi connectivity index (χ1v) is 10.5. The van der Waals surface area contributed by atoms with Crippen molar-refractivity contribution in [1.29, 1.82) is 0 Å². The van der Waals surface area contributed by atoms with Gasteiger partial charge in [0.2, 0.25) is 0 Å². The van der Waals surface area contributed by atoms with Gasteiger partial charge in [-0.05, 0) is 36.8 Å². The summed E-state index contributed by atoms with van der Waals surface area (Å²) in [6.07, 6.45) is 4.91.